The molecule has 2 N–H and O–H groups in total. The summed E-state index contributed by atoms with van der Waals surface area (Å²) in [6.45, 7) is 4.03. The van der Waals surface area contributed by atoms with E-state index in [0.717, 1.165) is 27.4 Å². The summed E-state index contributed by atoms with van der Waals surface area (Å²) in [5.41, 5.74) is 3.67. The molecule has 25 heavy (non-hydrogen) atoms. The second kappa shape index (κ2) is 7.63. The van der Waals surface area contributed by atoms with Crippen LogP contribution in [0.3, 0.4) is 0 Å². The fourth-order valence-corrected chi connectivity index (χ4v) is 3.52. The first kappa shape index (κ1) is 17.4. The predicted octanol–water partition coefficient (Wildman–Crippen LogP) is 4.74. The number of carbonyl (C=O) groups excluding carboxylic acids is 1. The number of benzene rings is 1. The third-order valence-electron chi connectivity index (χ3n) is 3.51. The van der Waals surface area contributed by atoms with E-state index in [9.17, 15) is 4.79 Å². The third kappa shape index (κ3) is 4.35. The van der Waals surface area contributed by atoms with E-state index in [2.05, 4.69) is 20.6 Å². The Bertz CT molecular complexity index is 895. The van der Waals surface area contributed by atoms with E-state index >= 15 is 0 Å². The topological polar surface area (TPSA) is 66.9 Å². The Kier molecular flexibility index (Phi) is 5.31. The van der Waals surface area contributed by atoms with Crippen molar-refractivity contribution in [3.8, 4) is 10.4 Å². The van der Waals surface area contributed by atoms with Crippen LogP contribution < -0.4 is 10.6 Å². The first-order valence-electron chi connectivity index (χ1n) is 7.71. The van der Waals surface area contributed by atoms with Crippen LogP contribution in [0.4, 0.5) is 10.8 Å². The summed E-state index contributed by atoms with van der Waals surface area (Å²) in [6, 6.07) is 12.0. The van der Waals surface area contributed by atoms with Crippen LogP contribution in [0.2, 0.25) is 5.15 Å². The number of hydrogen-bond acceptors (Lipinski definition) is 5. The van der Waals surface area contributed by atoms with Crippen LogP contribution in [0.1, 0.15) is 18.2 Å². The van der Waals surface area contributed by atoms with Crippen LogP contribution in [-0.4, -0.2) is 15.9 Å². The molecule has 0 spiro atoms. The lowest BCUT2D eigenvalue weighted by Crippen LogP contribution is -2.04. The summed E-state index contributed by atoms with van der Waals surface area (Å²) in [4.78, 5) is 20.8. The van der Waals surface area contributed by atoms with Crippen molar-refractivity contribution in [1.29, 1.82) is 0 Å². The van der Waals surface area contributed by atoms with Gasteiger partial charge in [0, 0.05) is 25.2 Å². The van der Waals surface area contributed by atoms with Gasteiger partial charge in [0.15, 0.2) is 10.3 Å². The van der Waals surface area contributed by atoms with Gasteiger partial charge in [-0.1, -0.05) is 53.3 Å². The molecule has 0 bridgehead atoms. The molecule has 0 aliphatic heterocycles. The zero-order chi connectivity index (χ0) is 17.8. The molecule has 0 atom stereocenters. The molecule has 0 aliphatic carbocycles. The maximum atomic E-state index is 11.2. The Balaban J connectivity index is 1.84. The smallest absolute Gasteiger partial charge is 0.223 e. The summed E-state index contributed by atoms with van der Waals surface area (Å²) in [5.74, 6) is -0.139. The van der Waals surface area contributed by atoms with E-state index in [1.54, 1.807) is 6.20 Å². The van der Waals surface area contributed by atoms with Crippen LogP contribution in [-0.2, 0) is 11.3 Å². The number of nitrogens with one attached hydrogen (secondary N) is 2. The monoisotopic (exact) mass is 372 g/mol. The summed E-state index contributed by atoms with van der Waals surface area (Å²) in [5, 5.41) is 7.03. The van der Waals surface area contributed by atoms with Gasteiger partial charge in [-0.25, -0.2) is 9.97 Å². The lowest BCUT2D eigenvalue weighted by molar-refractivity contribution is -0.114. The summed E-state index contributed by atoms with van der Waals surface area (Å²) < 4.78 is 0. The normalized spacial score (nSPS) is 10.5. The molecule has 0 radical (unpaired) electrons. The van der Waals surface area contributed by atoms with Gasteiger partial charge in [-0.3, -0.25) is 4.79 Å². The predicted molar refractivity (Wildman–Crippen MR) is 103 cm³/mol. The van der Waals surface area contributed by atoms with Gasteiger partial charge in [-0.15, -0.1) is 0 Å². The van der Waals surface area contributed by atoms with Crippen LogP contribution in [0, 0.1) is 6.92 Å². The number of pyridine rings is 1. The molecule has 7 heteroatoms. The number of thiazole rings is 1. The molecule has 0 saturated heterocycles. The molecule has 1 aromatic carbocycles. The van der Waals surface area contributed by atoms with E-state index < -0.39 is 0 Å². The van der Waals surface area contributed by atoms with Crippen molar-refractivity contribution in [3.63, 3.8) is 0 Å². The second-order valence-corrected chi connectivity index (χ2v) is 6.87. The molecule has 0 unspecified atom stereocenters. The van der Waals surface area contributed by atoms with Gasteiger partial charge in [-0.2, -0.15) is 0 Å². The molecule has 2 heterocycles. The Morgan fingerprint density at radius 3 is 2.76 bits per heavy atom. The van der Waals surface area contributed by atoms with Crippen molar-refractivity contribution in [2.24, 2.45) is 0 Å². The summed E-state index contributed by atoms with van der Waals surface area (Å²) in [7, 11) is 0. The average Bonchev–Trinajstić information content (AvgIpc) is 2.94. The quantitative estimate of drug-likeness (QED) is 0.635. The number of carbonyl (C=O) groups is 1. The van der Waals surface area contributed by atoms with E-state index in [-0.39, 0.29) is 5.91 Å². The van der Waals surface area contributed by atoms with Crippen LogP contribution >= 0.6 is 22.9 Å². The summed E-state index contributed by atoms with van der Waals surface area (Å²) >= 11 is 7.64. The number of anilines is 2. The molecule has 1 amide bonds. The number of aryl methyl sites for hydroxylation is 1. The van der Waals surface area contributed by atoms with E-state index in [1.807, 2.05) is 43.3 Å². The highest BCUT2D eigenvalue weighted by atomic mass is 35.5. The van der Waals surface area contributed by atoms with Gasteiger partial charge < -0.3 is 10.6 Å². The zero-order valence-corrected chi connectivity index (χ0v) is 15.4. The molecule has 3 aromatic rings. The highest BCUT2D eigenvalue weighted by molar-refractivity contribution is 7.19. The van der Waals surface area contributed by atoms with Crippen molar-refractivity contribution in [2.45, 2.75) is 20.4 Å². The van der Waals surface area contributed by atoms with Crippen molar-refractivity contribution in [1.82, 2.24) is 9.97 Å². The van der Waals surface area contributed by atoms with E-state index in [0.29, 0.717) is 16.8 Å². The third-order valence-corrected chi connectivity index (χ3v) is 4.93. The highest BCUT2D eigenvalue weighted by Crippen LogP contribution is 2.35. The second-order valence-electron chi connectivity index (χ2n) is 5.52. The number of aromatic nitrogens is 2. The largest absolute Gasteiger partial charge is 0.378 e. The van der Waals surface area contributed by atoms with Crippen molar-refractivity contribution in [3.05, 3.63) is 59.0 Å². The van der Waals surface area contributed by atoms with Crippen molar-refractivity contribution < 1.29 is 4.79 Å². The minimum atomic E-state index is -0.139. The maximum Gasteiger partial charge on any atom is 0.223 e. The van der Waals surface area contributed by atoms with E-state index in [4.69, 9.17) is 11.6 Å². The SMILES string of the molecule is CC(=O)Nc1nc(C)c(-c2cnc(Cl)c(NCc3ccccc3)c2)s1. The highest BCUT2D eigenvalue weighted by Gasteiger charge is 2.13. The first-order valence-corrected chi connectivity index (χ1v) is 8.91. The standard InChI is InChI=1S/C18H17ClN4OS/c1-11-16(25-18(22-11)23-12(2)24)14-8-15(17(19)21-10-14)20-9-13-6-4-3-5-7-13/h3-8,10,20H,9H2,1-2H3,(H,22,23,24). The molecule has 0 aliphatic rings. The lowest BCUT2D eigenvalue weighted by Gasteiger charge is -2.09. The average molecular weight is 373 g/mol. The summed E-state index contributed by atoms with van der Waals surface area (Å²) in [6.07, 6.45) is 1.72. The number of nitrogens with zero attached hydrogens (tertiary/aromatic N) is 2. The van der Waals surface area contributed by atoms with Crippen LogP contribution in [0.5, 0.6) is 0 Å². The molecule has 3 rings (SSSR count). The fourth-order valence-electron chi connectivity index (χ4n) is 2.36. The Morgan fingerprint density at radius 1 is 1.28 bits per heavy atom. The molecule has 5 nitrogen and oxygen atoms in total. The van der Waals surface area contributed by atoms with Gasteiger partial charge in [0.1, 0.15) is 0 Å². The maximum absolute atomic E-state index is 11.2. The molecule has 128 valence electrons. The van der Waals surface area contributed by atoms with Gasteiger partial charge in [0.2, 0.25) is 5.91 Å². The van der Waals surface area contributed by atoms with Crippen LogP contribution in [0.15, 0.2) is 42.6 Å². The van der Waals surface area contributed by atoms with Crippen LogP contribution in [0.25, 0.3) is 10.4 Å². The van der Waals surface area contributed by atoms with Gasteiger partial charge >= 0.3 is 0 Å². The zero-order valence-electron chi connectivity index (χ0n) is 13.8. The van der Waals surface area contributed by atoms with Crippen molar-refractivity contribution >= 4 is 39.7 Å². The van der Waals surface area contributed by atoms with Gasteiger partial charge in [-0.05, 0) is 18.6 Å². The van der Waals surface area contributed by atoms with Gasteiger partial charge in [0.05, 0.1) is 16.3 Å². The molecule has 0 fully saturated rings. The Morgan fingerprint density at radius 2 is 2.04 bits per heavy atom. The number of halogens is 1. The Hall–Kier alpha value is -2.44. The van der Waals surface area contributed by atoms with E-state index in [1.165, 1.54) is 18.3 Å². The minimum absolute atomic E-state index is 0.139. The first-order chi connectivity index (χ1) is 12.0. The molecular weight excluding hydrogens is 356 g/mol. The number of hydrogen-bond donors (Lipinski definition) is 2. The number of rotatable bonds is 5. The fraction of sp³-hybridized carbons (Fsp3) is 0.167. The molecular formula is C18H17ClN4OS. The molecule has 2 aromatic heterocycles. The Labute approximate surface area is 155 Å². The van der Waals surface area contributed by atoms with Gasteiger partial charge in [0.25, 0.3) is 0 Å². The van der Waals surface area contributed by atoms with Crippen molar-refractivity contribution in [2.75, 3.05) is 10.6 Å². The number of amides is 1. The molecule has 0 saturated carbocycles. The minimum Gasteiger partial charge on any atom is -0.378 e. The lowest BCUT2D eigenvalue weighted by atomic mass is 10.2.